The molecule has 5 aliphatic rings. The van der Waals surface area contributed by atoms with E-state index < -0.39 is 47.9 Å². The lowest BCUT2D eigenvalue weighted by Crippen LogP contribution is -2.69. The van der Waals surface area contributed by atoms with Gasteiger partial charge in [-0.1, -0.05) is 0 Å². The highest BCUT2D eigenvalue weighted by Gasteiger charge is 2.72. The molecule has 0 aliphatic carbocycles. The van der Waals surface area contributed by atoms with E-state index in [1.165, 1.54) is 0 Å². The number of hydrogen-bond acceptors (Lipinski definition) is 14. The Bertz CT molecular complexity index is 707. The molecule has 5 aliphatic heterocycles. The Hall–Kier alpha value is -1.46. The summed E-state index contributed by atoms with van der Waals surface area (Å²) in [4.78, 5) is 28.5. The minimum absolute atomic E-state index is 0.0950. The number of fused-ring (bicyclic) bond motifs is 2. The minimum Gasteiger partial charge on any atom is -0.462 e. The van der Waals surface area contributed by atoms with Gasteiger partial charge in [0.05, 0.1) is 52.9 Å². The van der Waals surface area contributed by atoms with E-state index in [0.29, 0.717) is 52.9 Å². The highest BCUT2D eigenvalue weighted by atomic mass is 16.7. The number of carbonyl (C=O) groups is 2. The summed E-state index contributed by atoms with van der Waals surface area (Å²) in [6.45, 7) is 2.55. The van der Waals surface area contributed by atoms with Gasteiger partial charge in [0.15, 0.2) is 24.9 Å². The zero-order valence-electron chi connectivity index (χ0n) is 20.6. The smallest absolute Gasteiger partial charge is 0.332 e. The fraction of sp³-hybridized carbons (Fsp3) is 0.909. The summed E-state index contributed by atoms with van der Waals surface area (Å²) in [6, 6.07) is 0. The number of rotatable bonds is 14. The maximum Gasteiger partial charge on any atom is 0.332 e. The Morgan fingerprint density at radius 3 is 1.36 bits per heavy atom. The number of carbonyl (C=O) groups excluding carboxylic acids is 2. The van der Waals surface area contributed by atoms with Gasteiger partial charge in [-0.15, -0.1) is 0 Å². The third-order valence-electron chi connectivity index (χ3n) is 7.08. The molecule has 14 heteroatoms. The van der Waals surface area contributed by atoms with Gasteiger partial charge in [0.2, 0.25) is 0 Å². The van der Waals surface area contributed by atoms with Crippen LogP contribution in [-0.4, -0.2) is 151 Å². The standard InChI is InChI=1S/C22H34N2O12/c1-27-3-5-29-7-15(25)31-9-21-11-33-17-19-24-20(18(23(17)21)34-12-21)36-14-22(24,13-35-19)10-32-16(26)8-30-6-4-28-2/h17-20H,3-14H2,1-2H3. The SMILES string of the molecule is COCCOCC(=O)OCC12COC3C4OCC5(COC(=O)COCCOC)COC(C(OC1)N32)N45. The fourth-order valence-corrected chi connectivity index (χ4v) is 5.34. The maximum absolute atomic E-state index is 12.2. The Morgan fingerprint density at radius 1 is 0.667 bits per heavy atom. The molecule has 4 atom stereocenters. The summed E-state index contributed by atoms with van der Waals surface area (Å²) in [5.74, 6) is -0.931. The van der Waals surface area contributed by atoms with Crippen molar-refractivity contribution in [2.45, 2.75) is 36.0 Å². The average Bonchev–Trinajstić information content (AvgIpc) is 3.63. The first-order chi connectivity index (χ1) is 17.5. The van der Waals surface area contributed by atoms with Crippen molar-refractivity contribution in [3.8, 4) is 0 Å². The molecule has 5 rings (SSSR count). The third-order valence-corrected chi connectivity index (χ3v) is 7.08. The van der Waals surface area contributed by atoms with Crippen LogP contribution in [0, 0.1) is 0 Å². The lowest BCUT2D eigenvalue weighted by Gasteiger charge is -2.47. The van der Waals surface area contributed by atoms with E-state index in [9.17, 15) is 9.59 Å². The third kappa shape index (κ3) is 4.75. The fourth-order valence-electron chi connectivity index (χ4n) is 5.34. The molecular formula is C22H34N2O12. The second kappa shape index (κ2) is 11.1. The van der Waals surface area contributed by atoms with Crippen LogP contribution in [0.2, 0.25) is 0 Å². The summed E-state index contributed by atoms with van der Waals surface area (Å²) in [6.07, 6.45) is -1.77. The molecule has 14 nitrogen and oxygen atoms in total. The van der Waals surface area contributed by atoms with E-state index in [4.69, 9.17) is 47.4 Å². The van der Waals surface area contributed by atoms with Crippen LogP contribution < -0.4 is 0 Å². The van der Waals surface area contributed by atoms with Crippen LogP contribution in [0.15, 0.2) is 0 Å². The topological polar surface area (TPSA) is 133 Å². The number of ether oxygens (including phenoxy) is 10. The van der Waals surface area contributed by atoms with Crippen LogP contribution in [0.4, 0.5) is 0 Å². The monoisotopic (exact) mass is 518 g/mol. The van der Waals surface area contributed by atoms with Crippen LogP contribution in [0.25, 0.3) is 0 Å². The van der Waals surface area contributed by atoms with Crippen molar-refractivity contribution >= 4 is 11.9 Å². The quantitative estimate of drug-likeness (QED) is 0.184. The van der Waals surface area contributed by atoms with E-state index in [1.54, 1.807) is 14.2 Å². The van der Waals surface area contributed by atoms with Crippen molar-refractivity contribution in [1.82, 2.24) is 9.80 Å². The van der Waals surface area contributed by atoms with Crippen molar-refractivity contribution in [3.63, 3.8) is 0 Å². The molecule has 5 heterocycles. The van der Waals surface area contributed by atoms with Crippen molar-refractivity contribution in [2.24, 2.45) is 0 Å². The molecule has 5 saturated heterocycles. The molecule has 0 aromatic carbocycles. The van der Waals surface area contributed by atoms with Crippen molar-refractivity contribution < 1.29 is 57.0 Å². The number of piperazine rings is 1. The van der Waals surface area contributed by atoms with Gasteiger partial charge >= 0.3 is 11.9 Å². The van der Waals surface area contributed by atoms with E-state index in [1.807, 2.05) is 0 Å². The second-order valence-electron chi connectivity index (χ2n) is 9.48. The largest absolute Gasteiger partial charge is 0.462 e. The van der Waals surface area contributed by atoms with Crippen molar-refractivity contribution in [1.29, 1.82) is 0 Å². The summed E-state index contributed by atoms with van der Waals surface area (Å²) >= 11 is 0. The molecule has 0 aromatic rings. The van der Waals surface area contributed by atoms with Crippen LogP contribution in [-0.2, 0) is 57.0 Å². The predicted octanol–water partition coefficient (Wildman–Crippen LogP) is -2.08. The molecule has 5 fully saturated rings. The molecule has 0 N–H and O–H groups in total. The van der Waals surface area contributed by atoms with Crippen LogP contribution in [0.3, 0.4) is 0 Å². The summed E-state index contributed by atoms with van der Waals surface area (Å²) in [5.41, 5.74) is -1.29. The summed E-state index contributed by atoms with van der Waals surface area (Å²) in [7, 11) is 3.13. The molecular weight excluding hydrogens is 484 g/mol. The predicted molar refractivity (Wildman–Crippen MR) is 115 cm³/mol. The Morgan fingerprint density at radius 2 is 1.03 bits per heavy atom. The number of esters is 2. The Kier molecular flexibility index (Phi) is 8.07. The van der Waals surface area contributed by atoms with Gasteiger partial charge in [0.25, 0.3) is 0 Å². The van der Waals surface area contributed by atoms with Gasteiger partial charge in [0.1, 0.15) is 37.5 Å². The first kappa shape index (κ1) is 26.2. The van der Waals surface area contributed by atoms with Crippen molar-refractivity contribution in [2.75, 3.05) is 93.5 Å². The highest BCUT2D eigenvalue weighted by molar-refractivity contribution is 5.71. The number of nitrogens with zero attached hydrogens (tertiary/aromatic N) is 2. The van der Waals surface area contributed by atoms with Gasteiger partial charge in [0, 0.05) is 14.2 Å². The molecule has 0 saturated carbocycles. The van der Waals surface area contributed by atoms with Gasteiger partial charge in [-0.3, -0.25) is 0 Å². The van der Waals surface area contributed by atoms with Gasteiger partial charge in [-0.2, -0.15) is 0 Å². The van der Waals surface area contributed by atoms with Gasteiger partial charge in [-0.05, 0) is 0 Å². The van der Waals surface area contributed by atoms with E-state index >= 15 is 0 Å². The summed E-state index contributed by atoms with van der Waals surface area (Å²) < 4.78 is 56.0. The van der Waals surface area contributed by atoms with Crippen LogP contribution in [0.1, 0.15) is 0 Å². The van der Waals surface area contributed by atoms with Gasteiger partial charge < -0.3 is 47.4 Å². The normalized spacial score (nSPS) is 36.7. The Labute approximate surface area is 208 Å². The molecule has 0 spiro atoms. The lowest BCUT2D eigenvalue weighted by molar-refractivity contribution is -0.254. The van der Waals surface area contributed by atoms with Gasteiger partial charge in [-0.25, -0.2) is 19.4 Å². The first-order valence-corrected chi connectivity index (χ1v) is 12.0. The summed E-state index contributed by atoms with van der Waals surface area (Å²) in [5, 5.41) is 0. The lowest BCUT2D eigenvalue weighted by atomic mass is 9.99. The number of hydrogen-bond donors (Lipinski definition) is 0. The number of methoxy groups -OCH3 is 2. The first-order valence-electron chi connectivity index (χ1n) is 12.0. The van der Waals surface area contributed by atoms with E-state index in [2.05, 4.69) is 9.80 Å². The molecule has 0 aromatic heterocycles. The molecule has 36 heavy (non-hydrogen) atoms. The molecule has 204 valence electrons. The maximum atomic E-state index is 12.2. The molecule has 4 unspecified atom stereocenters. The molecule has 0 radical (unpaired) electrons. The van der Waals surface area contributed by atoms with E-state index in [0.717, 1.165) is 0 Å². The highest BCUT2D eigenvalue weighted by Crippen LogP contribution is 2.51. The molecule has 0 amide bonds. The Balaban J connectivity index is 1.18. The molecule has 0 bridgehead atoms. The zero-order chi connectivity index (χ0) is 25.2. The van der Waals surface area contributed by atoms with Crippen LogP contribution in [0.5, 0.6) is 0 Å². The second-order valence-corrected chi connectivity index (χ2v) is 9.48. The minimum atomic E-state index is -0.643. The average molecular weight is 519 g/mol. The van der Waals surface area contributed by atoms with Crippen LogP contribution >= 0.6 is 0 Å². The van der Waals surface area contributed by atoms with E-state index in [-0.39, 0.29) is 26.4 Å². The van der Waals surface area contributed by atoms with Crippen molar-refractivity contribution in [3.05, 3.63) is 0 Å². The zero-order valence-corrected chi connectivity index (χ0v) is 20.6.